The van der Waals surface area contributed by atoms with Crippen LogP contribution in [0.1, 0.15) is 45.2 Å². The molecule has 1 aliphatic heterocycles. The number of hydrogen-bond acceptors (Lipinski definition) is 3. The van der Waals surface area contributed by atoms with Gasteiger partial charge in [0.15, 0.2) is 0 Å². The fraction of sp³-hybridized carbons (Fsp3) is 0.526. The van der Waals surface area contributed by atoms with Crippen LogP contribution in [-0.4, -0.2) is 38.7 Å². The normalized spacial score (nSPS) is 18.2. The monoisotopic (exact) mass is 326 g/mol. The molecule has 2 aromatic rings. The van der Waals surface area contributed by atoms with Gasteiger partial charge in [0.25, 0.3) is 0 Å². The Balaban J connectivity index is 1.68. The summed E-state index contributed by atoms with van der Waals surface area (Å²) >= 11 is 0. The second-order valence-electron chi connectivity index (χ2n) is 6.98. The summed E-state index contributed by atoms with van der Waals surface area (Å²) in [4.78, 5) is 18.2. The zero-order valence-electron chi connectivity index (χ0n) is 14.8. The highest BCUT2D eigenvalue weighted by Gasteiger charge is 2.21. The second-order valence-corrected chi connectivity index (χ2v) is 6.98. The summed E-state index contributed by atoms with van der Waals surface area (Å²) in [5.41, 5.74) is 3.25. The van der Waals surface area contributed by atoms with Crippen LogP contribution < -0.4 is 0 Å². The number of likely N-dealkylation sites (tertiary alicyclic amines) is 1. The van der Waals surface area contributed by atoms with E-state index in [1.807, 2.05) is 28.0 Å². The summed E-state index contributed by atoms with van der Waals surface area (Å²) in [5.74, 6) is 0.728. The van der Waals surface area contributed by atoms with Crippen LogP contribution in [0.15, 0.2) is 30.6 Å². The van der Waals surface area contributed by atoms with Gasteiger partial charge in [0.05, 0.1) is 11.4 Å². The summed E-state index contributed by atoms with van der Waals surface area (Å²) in [7, 11) is 0. The number of nitrogens with zero attached hydrogens (tertiary/aromatic N) is 4. The van der Waals surface area contributed by atoms with Crippen molar-refractivity contribution in [1.82, 2.24) is 19.7 Å². The molecule has 0 bridgehead atoms. The number of hydrogen-bond donors (Lipinski definition) is 0. The van der Waals surface area contributed by atoms with Crippen molar-refractivity contribution in [1.29, 1.82) is 0 Å². The molecule has 0 saturated carbocycles. The Morgan fingerprint density at radius 2 is 2.17 bits per heavy atom. The topological polar surface area (TPSA) is 51.0 Å². The zero-order valence-corrected chi connectivity index (χ0v) is 14.8. The lowest BCUT2D eigenvalue weighted by Crippen LogP contribution is -2.39. The van der Waals surface area contributed by atoms with Gasteiger partial charge in [-0.1, -0.05) is 6.07 Å². The van der Waals surface area contributed by atoms with Crippen LogP contribution in [0.4, 0.5) is 0 Å². The van der Waals surface area contributed by atoms with E-state index >= 15 is 0 Å². The van der Waals surface area contributed by atoms with Gasteiger partial charge in [-0.25, -0.2) is 0 Å². The van der Waals surface area contributed by atoms with E-state index in [-0.39, 0.29) is 5.91 Å². The summed E-state index contributed by atoms with van der Waals surface area (Å²) in [6, 6.07) is 6.56. The Hall–Kier alpha value is -2.17. The molecule has 1 amide bonds. The Kier molecular flexibility index (Phi) is 4.97. The first-order valence-corrected chi connectivity index (χ1v) is 8.79. The van der Waals surface area contributed by atoms with Crippen molar-refractivity contribution in [3.8, 4) is 11.4 Å². The first kappa shape index (κ1) is 16.7. The number of amides is 1. The molecular formula is C19H26N4O. The molecule has 128 valence electrons. The van der Waals surface area contributed by atoms with Crippen molar-refractivity contribution in [2.45, 2.75) is 46.1 Å². The van der Waals surface area contributed by atoms with Crippen molar-refractivity contribution >= 4 is 5.91 Å². The molecule has 0 radical (unpaired) electrons. The molecule has 3 rings (SSSR count). The number of carbonyl (C=O) groups is 1. The van der Waals surface area contributed by atoms with E-state index in [0.29, 0.717) is 12.0 Å². The molecule has 1 saturated heterocycles. The van der Waals surface area contributed by atoms with Crippen LogP contribution in [0.3, 0.4) is 0 Å². The van der Waals surface area contributed by atoms with Gasteiger partial charge in [-0.3, -0.25) is 14.5 Å². The predicted octanol–water partition coefficient (Wildman–Crippen LogP) is 3.33. The highest BCUT2D eigenvalue weighted by atomic mass is 16.2. The van der Waals surface area contributed by atoms with Crippen LogP contribution in [0.25, 0.3) is 11.4 Å². The van der Waals surface area contributed by atoms with Gasteiger partial charge >= 0.3 is 0 Å². The van der Waals surface area contributed by atoms with Gasteiger partial charge in [-0.15, -0.1) is 0 Å². The van der Waals surface area contributed by atoms with E-state index in [4.69, 9.17) is 0 Å². The van der Waals surface area contributed by atoms with Crippen LogP contribution in [0.5, 0.6) is 0 Å². The minimum absolute atomic E-state index is 0.190. The van der Waals surface area contributed by atoms with Gasteiger partial charge in [0, 0.05) is 38.4 Å². The molecular weight excluding hydrogens is 300 g/mol. The van der Waals surface area contributed by atoms with Crippen molar-refractivity contribution in [3.05, 3.63) is 36.2 Å². The van der Waals surface area contributed by atoms with Crippen LogP contribution in [-0.2, 0) is 11.2 Å². The quantitative estimate of drug-likeness (QED) is 0.866. The van der Waals surface area contributed by atoms with E-state index in [1.165, 1.54) is 12.0 Å². The highest BCUT2D eigenvalue weighted by Crippen LogP contribution is 2.23. The van der Waals surface area contributed by atoms with Gasteiger partial charge in [0.1, 0.15) is 0 Å². The van der Waals surface area contributed by atoms with Crippen molar-refractivity contribution < 1.29 is 4.79 Å². The smallest absolute Gasteiger partial charge is 0.219 e. The molecule has 1 fully saturated rings. The van der Waals surface area contributed by atoms with Crippen molar-refractivity contribution in [3.63, 3.8) is 0 Å². The molecule has 2 aromatic heterocycles. The summed E-state index contributed by atoms with van der Waals surface area (Å²) in [5, 5.41) is 4.37. The second kappa shape index (κ2) is 7.16. The number of piperidine rings is 1. The van der Waals surface area contributed by atoms with Gasteiger partial charge in [0.2, 0.25) is 5.91 Å². The molecule has 1 atom stereocenters. The Labute approximate surface area is 143 Å². The van der Waals surface area contributed by atoms with Gasteiger partial charge in [-0.2, -0.15) is 5.10 Å². The molecule has 0 aromatic carbocycles. The summed E-state index contributed by atoms with van der Waals surface area (Å²) in [6.07, 6.45) is 7.07. The maximum atomic E-state index is 11.6. The number of carbonyl (C=O) groups excluding carboxylic acids is 1. The van der Waals surface area contributed by atoms with Crippen molar-refractivity contribution in [2.75, 3.05) is 13.1 Å². The largest absolute Gasteiger partial charge is 0.343 e. The molecule has 0 spiro atoms. The minimum atomic E-state index is 0.190. The molecule has 5 nitrogen and oxygen atoms in total. The van der Waals surface area contributed by atoms with Crippen LogP contribution >= 0.6 is 0 Å². The van der Waals surface area contributed by atoms with Crippen LogP contribution in [0, 0.1) is 5.92 Å². The van der Waals surface area contributed by atoms with E-state index in [9.17, 15) is 4.79 Å². The fourth-order valence-corrected chi connectivity index (χ4v) is 3.48. The van der Waals surface area contributed by atoms with E-state index in [0.717, 1.165) is 37.3 Å². The lowest BCUT2D eigenvalue weighted by Gasteiger charge is -2.32. The Morgan fingerprint density at radius 3 is 2.83 bits per heavy atom. The molecule has 5 heteroatoms. The number of pyridine rings is 1. The van der Waals surface area contributed by atoms with Gasteiger partial charge in [-0.05, 0) is 56.7 Å². The summed E-state index contributed by atoms with van der Waals surface area (Å²) < 4.78 is 1.99. The molecule has 0 aliphatic carbocycles. The first-order chi connectivity index (χ1) is 11.5. The van der Waals surface area contributed by atoms with Gasteiger partial charge < -0.3 is 4.90 Å². The van der Waals surface area contributed by atoms with E-state index in [2.05, 4.69) is 36.1 Å². The maximum absolute atomic E-state index is 11.6. The first-order valence-electron chi connectivity index (χ1n) is 8.79. The van der Waals surface area contributed by atoms with E-state index < -0.39 is 0 Å². The average molecular weight is 326 g/mol. The molecule has 24 heavy (non-hydrogen) atoms. The average Bonchev–Trinajstić information content (AvgIpc) is 3.06. The predicted molar refractivity (Wildman–Crippen MR) is 94.5 cm³/mol. The SMILES string of the molecule is CC(=O)N1CCCC(Cc2ccc(-c3ccnn3C(C)C)nc2)C1. The summed E-state index contributed by atoms with van der Waals surface area (Å²) in [6.45, 7) is 7.68. The van der Waals surface area contributed by atoms with Crippen molar-refractivity contribution in [2.24, 2.45) is 5.92 Å². The maximum Gasteiger partial charge on any atom is 0.219 e. The third-order valence-electron chi connectivity index (χ3n) is 4.74. The molecule has 3 heterocycles. The highest BCUT2D eigenvalue weighted by molar-refractivity contribution is 5.73. The minimum Gasteiger partial charge on any atom is -0.343 e. The number of rotatable bonds is 4. The third-order valence-corrected chi connectivity index (χ3v) is 4.74. The lowest BCUT2D eigenvalue weighted by atomic mass is 9.92. The molecule has 1 aliphatic rings. The zero-order chi connectivity index (χ0) is 17.1. The molecule has 0 N–H and O–H groups in total. The lowest BCUT2D eigenvalue weighted by molar-refractivity contribution is -0.130. The van der Waals surface area contributed by atoms with Crippen LogP contribution in [0.2, 0.25) is 0 Å². The fourth-order valence-electron chi connectivity index (χ4n) is 3.48. The third kappa shape index (κ3) is 3.66. The Morgan fingerprint density at radius 1 is 1.33 bits per heavy atom. The number of aromatic nitrogens is 3. The standard InChI is InChI=1S/C19H26N4O/c1-14(2)23-19(8-9-21-23)18-7-6-16(12-20-18)11-17-5-4-10-22(13-17)15(3)24/h6-9,12,14,17H,4-5,10-11,13H2,1-3H3. The Bertz CT molecular complexity index is 690. The molecule has 1 unspecified atom stereocenters. The van der Waals surface area contributed by atoms with E-state index in [1.54, 1.807) is 6.92 Å².